The molecule has 0 aliphatic rings. The molecule has 0 saturated heterocycles. The van der Waals surface area contributed by atoms with Crippen molar-refractivity contribution < 1.29 is 12.9 Å². The van der Waals surface area contributed by atoms with E-state index < -0.39 is 10.0 Å². The van der Waals surface area contributed by atoms with E-state index in [0.29, 0.717) is 18.3 Å². The van der Waals surface area contributed by atoms with Gasteiger partial charge in [-0.3, -0.25) is 0 Å². The largest absolute Gasteiger partial charge is 0.340 e. The molecular formula is C12H16N4O3S. The van der Waals surface area contributed by atoms with Crippen molar-refractivity contribution in [1.82, 2.24) is 20.2 Å². The van der Waals surface area contributed by atoms with Crippen LogP contribution in [0.2, 0.25) is 0 Å². The van der Waals surface area contributed by atoms with E-state index in [2.05, 4.69) is 20.2 Å². The molecule has 0 bridgehead atoms. The van der Waals surface area contributed by atoms with Gasteiger partial charge in [0.1, 0.15) is 0 Å². The summed E-state index contributed by atoms with van der Waals surface area (Å²) in [5.41, 5.74) is 1.01. The molecule has 0 radical (unpaired) electrons. The van der Waals surface area contributed by atoms with Crippen LogP contribution in [0.4, 0.5) is 0 Å². The van der Waals surface area contributed by atoms with Gasteiger partial charge in [0, 0.05) is 13.5 Å². The highest BCUT2D eigenvalue weighted by Crippen LogP contribution is 2.11. The predicted octanol–water partition coefficient (Wildman–Crippen LogP) is 0.576. The number of benzene rings is 1. The van der Waals surface area contributed by atoms with Gasteiger partial charge < -0.3 is 9.84 Å². The Morgan fingerprint density at radius 2 is 1.90 bits per heavy atom. The van der Waals surface area contributed by atoms with Gasteiger partial charge in [0.2, 0.25) is 15.9 Å². The second kappa shape index (κ2) is 6.12. The second-order valence-electron chi connectivity index (χ2n) is 4.23. The van der Waals surface area contributed by atoms with Crippen LogP contribution in [-0.4, -0.2) is 25.6 Å². The summed E-state index contributed by atoms with van der Waals surface area (Å²) >= 11 is 0. The maximum atomic E-state index is 12.1. The fraction of sp³-hybridized carbons (Fsp3) is 0.333. The van der Waals surface area contributed by atoms with Crippen LogP contribution in [0.5, 0.6) is 0 Å². The number of hydrogen-bond donors (Lipinski definition) is 2. The third-order valence-corrected chi connectivity index (χ3v) is 4.02. The normalized spacial score (nSPS) is 11.7. The molecule has 1 aromatic heterocycles. The van der Waals surface area contributed by atoms with Crippen LogP contribution in [-0.2, 0) is 23.1 Å². The van der Waals surface area contributed by atoms with Gasteiger partial charge in [0.05, 0.1) is 11.4 Å². The van der Waals surface area contributed by atoms with Crippen molar-refractivity contribution >= 4 is 10.0 Å². The Balaban J connectivity index is 2.05. The maximum absolute atomic E-state index is 12.1. The molecule has 2 N–H and O–H groups in total. The lowest BCUT2D eigenvalue weighted by Crippen LogP contribution is -2.23. The zero-order chi connectivity index (χ0) is 14.6. The molecule has 1 heterocycles. The summed E-state index contributed by atoms with van der Waals surface area (Å²) < 4.78 is 31.3. The Bertz CT molecular complexity index is 664. The van der Waals surface area contributed by atoms with Crippen LogP contribution in [0.25, 0.3) is 0 Å². The number of nitrogens with one attached hydrogen (secondary N) is 2. The fourth-order valence-corrected chi connectivity index (χ4v) is 2.63. The Morgan fingerprint density at radius 1 is 1.20 bits per heavy atom. The lowest BCUT2D eigenvalue weighted by Gasteiger charge is -2.06. The Labute approximate surface area is 117 Å². The Kier molecular flexibility index (Phi) is 4.48. The first-order chi connectivity index (χ1) is 9.51. The van der Waals surface area contributed by atoms with E-state index in [9.17, 15) is 8.42 Å². The molecule has 0 unspecified atom stereocenters. The van der Waals surface area contributed by atoms with Gasteiger partial charge in [-0.15, -0.1) is 0 Å². The first-order valence-corrected chi connectivity index (χ1v) is 7.52. The monoisotopic (exact) mass is 296 g/mol. The number of aryl methyl sites for hydroxylation is 1. The highest BCUT2D eigenvalue weighted by molar-refractivity contribution is 7.89. The standard InChI is InChI=1S/C12H16N4O3S/c1-9-15-12(16-19-9)8-14-20(17,18)11-5-3-10(4-6-11)7-13-2/h3-6,13-14H,7-8H2,1-2H3. The van der Waals surface area contributed by atoms with E-state index in [-0.39, 0.29) is 11.4 Å². The molecule has 0 fully saturated rings. The molecule has 0 saturated carbocycles. The summed E-state index contributed by atoms with van der Waals surface area (Å²) in [4.78, 5) is 4.14. The lowest BCUT2D eigenvalue weighted by molar-refractivity contribution is 0.387. The third-order valence-electron chi connectivity index (χ3n) is 2.60. The van der Waals surface area contributed by atoms with Crippen LogP contribution < -0.4 is 10.0 Å². The van der Waals surface area contributed by atoms with E-state index in [1.807, 2.05) is 7.05 Å². The van der Waals surface area contributed by atoms with Crippen LogP contribution in [0, 0.1) is 6.92 Å². The van der Waals surface area contributed by atoms with E-state index in [1.54, 1.807) is 31.2 Å². The average molecular weight is 296 g/mol. The number of nitrogens with zero attached hydrogens (tertiary/aromatic N) is 2. The third kappa shape index (κ3) is 3.62. The molecule has 20 heavy (non-hydrogen) atoms. The summed E-state index contributed by atoms with van der Waals surface area (Å²) in [7, 11) is -1.74. The van der Waals surface area contributed by atoms with Crippen molar-refractivity contribution in [2.45, 2.75) is 24.9 Å². The molecule has 2 rings (SSSR count). The summed E-state index contributed by atoms with van der Waals surface area (Å²) in [6, 6.07) is 6.67. The molecule has 0 spiro atoms. The van der Waals surface area contributed by atoms with Crippen LogP contribution in [0.15, 0.2) is 33.7 Å². The number of sulfonamides is 1. The Hall–Kier alpha value is -1.77. The van der Waals surface area contributed by atoms with Crippen LogP contribution in [0.3, 0.4) is 0 Å². The molecule has 108 valence electrons. The van der Waals surface area contributed by atoms with Crippen LogP contribution in [0.1, 0.15) is 17.3 Å². The highest BCUT2D eigenvalue weighted by Gasteiger charge is 2.15. The topological polar surface area (TPSA) is 97.1 Å². The minimum atomic E-state index is -3.57. The predicted molar refractivity (Wildman–Crippen MR) is 72.3 cm³/mol. The van der Waals surface area contributed by atoms with Gasteiger partial charge in [-0.2, -0.15) is 4.98 Å². The van der Waals surface area contributed by atoms with Crippen molar-refractivity contribution in [3.05, 3.63) is 41.5 Å². The van der Waals surface area contributed by atoms with Crippen molar-refractivity contribution in [3.63, 3.8) is 0 Å². The van der Waals surface area contributed by atoms with Crippen molar-refractivity contribution in [1.29, 1.82) is 0 Å². The van der Waals surface area contributed by atoms with E-state index in [1.165, 1.54) is 0 Å². The quantitative estimate of drug-likeness (QED) is 0.809. The SMILES string of the molecule is CNCc1ccc(S(=O)(=O)NCc2noc(C)n2)cc1. The minimum absolute atomic E-state index is 0.00204. The van der Waals surface area contributed by atoms with Gasteiger partial charge >= 0.3 is 0 Å². The molecule has 0 aliphatic carbocycles. The van der Waals surface area contributed by atoms with Gasteiger partial charge in [-0.05, 0) is 24.7 Å². The fourth-order valence-electron chi connectivity index (χ4n) is 1.65. The van der Waals surface area contributed by atoms with Gasteiger partial charge in [-0.1, -0.05) is 17.3 Å². The number of hydrogen-bond acceptors (Lipinski definition) is 6. The Morgan fingerprint density at radius 3 is 2.45 bits per heavy atom. The number of rotatable bonds is 6. The summed E-state index contributed by atoms with van der Waals surface area (Å²) in [6.07, 6.45) is 0. The second-order valence-corrected chi connectivity index (χ2v) is 6.00. The van der Waals surface area contributed by atoms with Gasteiger partial charge in [0.15, 0.2) is 5.82 Å². The maximum Gasteiger partial charge on any atom is 0.240 e. The van der Waals surface area contributed by atoms with E-state index >= 15 is 0 Å². The first kappa shape index (κ1) is 14.6. The molecule has 7 nitrogen and oxygen atoms in total. The molecule has 0 aliphatic heterocycles. The number of aromatic nitrogens is 2. The van der Waals surface area contributed by atoms with E-state index in [0.717, 1.165) is 5.56 Å². The average Bonchev–Trinajstić information content (AvgIpc) is 2.84. The van der Waals surface area contributed by atoms with Crippen molar-refractivity contribution in [2.75, 3.05) is 7.05 Å². The highest BCUT2D eigenvalue weighted by atomic mass is 32.2. The summed E-state index contributed by atoms with van der Waals surface area (Å²) in [5.74, 6) is 0.702. The smallest absolute Gasteiger partial charge is 0.240 e. The molecule has 1 aromatic carbocycles. The van der Waals surface area contributed by atoms with Gasteiger partial charge in [-0.25, -0.2) is 13.1 Å². The van der Waals surface area contributed by atoms with Crippen LogP contribution >= 0.6 is 0 Å². The molecular weight excluding hydrogens is 280 g/mol. The molecule has 8 heteroatoms. The lowest BCUT2D eigenvalue weighted by atomic mass is 10.2. The zero-order valence-electron chi connectivity index (χ0n) is 11.3. The summed E-state index contributed by atoms with van der Waals surface area (Å²) in [5, 5.41) is 6.63. The first-order valence-electron chi connectivity index (χ1n) is 6.03. The molecule has 0 atom stereocenters. The van der Waals surface area contributed by atoms with E-state index in [4.69, 9.17) is 4.52 Å². The molecule has 0 amide bonds. The van der Waals surface area contributed by atoms with Crippen molar-refractivity contribution in [3.8, 4) is 0 Å². The van der Waals surface area contributed by atoms with Gasteiger partial charge in [0.25, 0.3) is 0 Å². The summed E-state index contributed by atoms with van der Waals surface area (Å²) in [6.45, 7) is 2.33. The zero-order valence-corrected chi connectivity index (χ0v) is 12.1. The van der Waals surface area contributed by atoms with Crippen molar-refractivity contribution in [2.24, 2.45) is 0 Å². The molecule has 2 aromatic rings. The minimum Gasteiger partial charge on any atom is -0.340 e.